The van der Waals surface area contributed by atoms with Crippen LogP contribution < -0.4 is 11.1 Å². The maximum Gasteiger partial charge on any atom is 0.320 e. The molecule has 0 aromatic rings. The Labute approximate surface area is 100 Å². The van der Waals surface area contributed by atoms with Gasteiger partial charge in [0, 0.05) is 6.54 Å². The van der Waals surface area contributed by atoms with Crippen LogP contribution in [0.2, 0.25) is 0 Å². The first kappa shape index (κ1) is 15.2. The number of rotatable bonds is 7. The zero-order chi connectivity index (χ0) is 12.8. The number of carboxylic acids is 1. The van der Waals surface area contributed by atoms with Crippen LogP contribution in [0.4, 0.5) is 0 Å². The van der Waals surface area contributed by atoms with E-state index in [-0.39, 0.29) is 5.91 Å². The van der Waals surface area contributed by atoms with Crippen molar-refractivity contribution in [1.29, 1.82) is 0 Å². The summed E-state index contributed by atoms with van der Waals surface area (Å²) in [6.07, 6.45) is 1.77. The smallest absolute Gasteiger partial charge is 0.320 e. The molecule has 1 atom stereocenters. The molecule has 0 aliphatic rings. The summed E-state index contributed by atoms with van der Waals surface area (Å²) in [5.74, 6) is -1.22. The maximum atomic E-state index is 11.3. The van der Waals surface area contributed by atoms with Crippen LogP contribution in [0.3, 0.4) is 0 Å². The molecule has 0 saturated carbocycles. The van der Waals surface area contributed by atoms with Gasteiger partial charge < -0.3 is 16.2 Å². The van der Waals surface area contributed by atoms with E-state index in [0.29, 0.717) is 25.8 Å². The summed E-state index contributed by atoms with van der Waals surface area (Å²) >= 11 is 5.78. The van der Waals surface area contributed by atoms with Crippen LogP contribution in [0.15, 0.2) is 0 Å². The van der Waals surface area contributed by atoms with E-state index in [1.165, 1.54) is 0 Å². The summed E-state index contributed by atoms with van der Waals surface area (Å²) in [6, 6.07) is -0.819. The molecule has 5 nitrogen and oxygen atoms in total. The van der Waals surface area contributed by atoms with E-state index in [0.717, 1.165) is 0 Å². The molecular weight excluding hydrogens is 232 g/mol. The predicted octanol–water partition coefficient (Wildman–Crippen LogP) is 0.702. The van der Waals surface area contributed by atoms with E-state index in [4.69, 9.17) is 22.4 Å². The summed E-state index contributed by atoms with van der Waals surface area (Å²) in [5, 5.41) is 11.2. The second-order valence-electron chi connectivity index (χ2n) is 4.17. The highest BCUT2D eigenvalue weighted by Gasteiger charge is 2.23. The Morgan fingerprint density at radius 3 is 2.44 bits per heavy atom. The van der Waals surface area contributed by atoms with Gasteiger partial charge in [-0.25, -0.2) is 0 Å². The number of carboxylic acid groups (broad SMARTS) is 1. The SMILES string of the molecule is CC(C)(Cl)C(=O)NCCCC[C@H](N)C(=O)O. The molecule has 0 bridgehead atoms. The van der Waals surface area contributed by atoms with E-state index >= 15 is 0 Å². The fourth-order valence-corrected chi connectivity index (χ4v) is 1.09. The number of carbonyl (C=O) groups is 2. The molecule has 1 amide bonds. The van der Waals surface area contributed by atoms with Gasteiger partial charge in [-0.1, -0.05) is 0 Å². The zero-order valence-electron chi connectivity index (χ0n) is 9.62. The molecular formula is C10H19ClN2O3. The van der Waals surface area contributed by atoms with E-state index in [2.05, 4.69) is 5.32 Å². The third-order valence-corrected chi connectivity index (χ3v) is 2.26. The second-order valence-corrected chi connectivity index (χ2v) is 5.11. The van der Waals surface area contributed by atoms with E-state index in [1.54, 1.807) is 13.8 Å². The third kappa shape index (κ3) is 6.63. The molecule has 0 aromatic heterocycles. The number of aliphatic carboxylic acids is 1. The highest BCUT2D eigenvalue weighted by atomic mass is 35.5. The molecule has 6 heteroatoms. The molecule has 0 saturated heterocycles. The van der Waals surface area contributed by atoms with Gasteiger partial charge in [-0.05, 0) is 33.1 Å². The number of nitrogens with one attached hydrogen (secondary N) is 1. The van der Waals surface area contributed by atoms with Crippen molar-refractivity contribution in [3.05, 3.63) is 0 Å². The van der Waals surface area contributed by atoms with Crippen molar-refractivity contribution in [2.75, 3.05) is 6.54 Å². The highest BCUT2D eigenvalue weighted by molar-refractivity contribution is 6.34. The molecule has 0 fully saturated rings. The largest absolute Gasteiger partial charge is 0.480 e. The first-order valence-corrected chi connectivity index (χ1v) is 5.58. The van der Waals surface area contributed by atoms with Gasteiger partial charge in [0.1, 0.15) is 10.9 Å². The average Bonchev–Trinajstić information content (AvgIpc) is 2.14. The molecule has 0 aliphatic heterocycles. The molecule has 0 heterocycles. The van der Waals surface area contributed by atoms with Crippen molar-refractivity contribution in [3.8, 4) is 0 Å². The van der Waals surface area contributed by atoms with Crippen LogP contribution in [0.25, 0.3) is 0 Å². The standard InChI is InChI=1S/C10H19ClN2O3/c1-10(2,11)9(16)13-6-4-3-5-7(12)8(14)15/h7H,3-6,12H2,1-2H3,(H,13,16)(H,14,15)/t7-/m0/s1. The van der Waals surface area contributed by atoms with E-state index in [9.17, 15) is 9.59 Å². The van der Waals surface area contributed by atoms with Crippen LogP contribution in [0.5, 0.6) is 0 Å². The van der Waals surface area contributed by atoms with Gasteiger partial charge in [0.2, 0.25) is 5.91 Å². The van der Waals surface area contributed by atoms with Crippen molar-refractivity contribution in [2.24, 2.45) is 5.73 Å². The minimum atomic E-state index is -0.995. The first-order valence-electron chi connectivity index (χ1n) is 5.20. The summed E-state index contributed by atoms with van der Waals surface area (Å²) in [4.78, 5) is 20.8. The topological polar surface area (TPSA) is 92.4 Å². The Hall–Kier alpha value is -0.810. The van der Waals surface area contributed by atoms with Crippen molar-refractivity contribution < 1.29 is 14.7 Å². The van der Waals surface area contributed by atoms with Gasteiger partial charge >= 0.3 is 5.97 Å². The summed E-state index contributed by atoms with van der Waals surface area (Å²) in [5.41, 5.74) is 5.32. The molecule has 0 aliphatic carbocycles. The van der Waals surface area contributed by atoms with Crippen LogP contribution in [-0.4, -0.2) is 34.4 Å². The van der Waals surface area contributed by atoms with Gasteiger partial charge in [-0.2, -0.15) is 0 Å². The van der Waals surface area contributed by atoms with Crippen LogP contribution in [0, 0.1) is 0 Å². The van der Waals surface area contributed by atoms with Gasteiger partial charge in [0.05, 0.1) is 0 Å². The lowest BCUT2D eigenvalue weighted by atomic mass is 10.1. The highest BCUT2D eigenvalue weighted by Crippen LogP contribution is 2.11. The first-order chi connectivity index (χ1) is 7.25. The van der Waals surface area contributed by atoms with Gasteiger partial charge in [0.15, 0.2) is 0 Å². The number of hydrogen-bond acceptors (Lipinski definition) is 3. The summed E-state index contributed by atoms with van der Waals surface area (Å²) in [7, 11) is 0. The van der Waals surface area contributed by atoms with Crippen LogP contribution in [0.1, 0.15) is 33.1 Å². The summed E-state index contributed by atoms with van der Waals surface area (Å²) in [6.45, 7) is 3.72. The second kappa shape index (κ2) is 6.70. The molecule has 0 aromatic carbocycles. The Kier molecular flexibility index (Phi) is 6.36. The number of nitrogens with two attached hydrogens (primary N) is 1. The Balaban J connectivity index is 3.55. The fourth-order valence-electron chi connectivity index (χ4n) is 1.02. The van der Waals surface area contributed by atoms with E-state index < -0.39 is 16.9 Å². The quantitative estimate of drug-likeness (QED) is 0.458. The molecule has 0 rings (SSSR count). The zero-order valence-corrected chi connectivity index (χ0v) is 10.4. The van der Waals surface area contributed by atoms with Crippen LogP contribution in [-0.2, 0) is 9.59 Å². The van der Waals surface area contributed by atoms with Crippen molar-refractivity contribution in [2.45, 2.75) is 44.0 Å². The Morgan fingerprint density at radius 2 is 2.00 bits per heavy atom. The van der Waals surface area contributed by atoms with Crippen molar-refractivity contribution in [3.63, 3.8) is 0 Å². The number of amides is 1. The fraction of sp³-hybridized carbons (Fsp3) is 0.800. The lowest BCUT2D eigenvalue weighted by Crippen LogP contribution is -2.38. The number of halogens is 1. The average molecular weight is 251 g/mol. The molecule has 0 spiro atoms. The van der Waals surface area contributed by atoms with Crippen LogP contribution >= 0.6 is 11.6 Å². The number of carbonyl (C=O) groups excluding carboxylic acids is 1. The number of hydrogen-bond donors (Lipinski definition) is 3. The third-order valence-electron chi connectivity index (χ3n) is 2.08. The predicted molar refractivity (Wildman–Crippen MR) is 62.4 cm³/mol. The summed E-state index contributed by atoms with van der Waals surface area (Å²) < 4.78 is 0. The molecule has 0 unspecified atom stereocenters. The molecule has 16 heavy (non-hydrogen) atoms. The minimum Gasteiger partial charge on any atom is -0.480 e. The normalized spacial score (nSPS) is 13.2. The minimum absolute atomic E-state index is 0.225. The van der Waals surface area contributed by atoms with Gasteiger partial charge in [-0.15, -0.1) is 11.6 Å². The van der Waals surface area contributed by atoms with Gasteiger partial charge in [0.25, 0.3) is 0 Å². The monoisotopic (exact) mass is 250 g/mol. The number of unbranched alkanes of at least 4 members (excludes halogenated alkanes) is 1. The molecule has 94 valence electrons. The van der Waals surface area contributed by atoms with E-state index in [1.807, 2.05) is 0 Å². The Morgan fingerprint density at radius 1 is 1.44 bits per heavy atom. The molecule has 4 N–H and O–H groups in total. The maximum absolute atomic E-state index is 11.3. The Bertz CT molecular complexity index is 251. The van der Waals surface area contributed by atoms with Crippen molar-refractivity contribution >= 4 is 23.5 Å². The molecule has 0 radical (unpaired) electrons. The van der Waals surface area contributed by atoms with Gasteiger partial charge in [-0.3, -0.25) is 9.59 Å². The lowest BCUT2D eigenvalue weighted by Gasteiger charge is -2.15. The lowest BCUT2D eigenvalue weighted by molar-refractivity contribution is -0.138. The van der Waals surface area contributed by atoms with Crippen molar-refractivity contribution in [1.82, 2.24) is 5.32 Å². The number of alkyl halides is 1.